The maximum atomic E-state index is 12.2. The minimum Gasteiger partial charge on any atom is -0.390 e. The molecule has 1 aromatic heterocycles. The Balaban J connectivity index is 1.81. The zero-order valence-electron chi connectivity index (χ0n) is 28.6. The Morgan fingerprint density at radius 2 is 1.20 bits per heavy atom. The van der Waals surface area contributed by atoms with Crippen LogP contribution in [0.1, 0.15) is 76.0 Å². The Bertz CT molecular complexity index is 1900. The fraction of sp³-hybridized carbons (Fsp3) is 0.810. The van der Waals surface area contributed by atoms with E-state index in [0.29, 0.717) is 19.4 Å². The number of phosphoric ester groups is 2. The summed E-state index contributed by atoms with van der Waals surface area (Å²) in [7, 11) is -36.7. The summed E-state index contributed by atoms with van der Waals surface area (Å²) >= 11 is 0. The Labute approximate surface area is 311 Å². The molecule has 8 N–H and O–H groups in total. The number of aliphatic hydroxyl groups excluding tert-OH is 1. The molecule has 1 saturated heterocycles. The molecule has 1 fully saturated rings. The molecule has 55 heavy (non-hydrogen) atoms. The highest BCUT2D eigenvalue weighted by Crippen LogP contribution is 2.75. The fourth-order valence-electron chi connectivity index (χ4n) is 4.51. The number of hydrogen-bond acceptors (Lipinski definition) is 18. The normalized spacial score (nSPS) is 24.0. The van der Waals surface area contributed by atoms with Gasteiger partial charge in [-0.1, -0.05) is 50.1 Å². The molecule has 2 rings (SSSR count). The van der Waals surface area contributed by atoms with Crippen molar-refractivity contribution < 1.29 is 97.2 Å². The van der Waals surface area contributed by atoms with E-state index >= 15 is 0 Å². The summed E-state index contributed by atoms with van der Waals surface area (Å²) in [4.78, 5) is 86.4. The van der Waals surface area contributed by atoms with E-state index < -0.39 is 89.8 Å². The summed E-state index contributed by atoms with van der Waals surface area (Å²) in [6.07, 6.45) is 3.28. The molecule has 0 aromatic carbocycles. The molecule has 1 aliphatic rings. The summed E-state index contributed by atoms with van der Waals surface area (Å²) in [5.41, 5.74) is 6.67. The second kappa shape index (κ2) is 21.7. The van der Waals surface area contributed by atoms with Gasteiger partial charge in [-0.05, 0) is 25.3 Å². The van der Waals surface area contributed by atoms with Crippen molar-refractivity contribution >= 4 is 46.9 Å². The number of phosphoric acid groups is 6. The van der Waals surface area contributed by atoms with Crippen LogP contribution in [0.25, 0.3) is 10.4 Å². The minimum absolute atomic E-state index is 0.0893. The predicted octanol–water partition coefficient (Wildman–Crippen LogP) is 4.03. The van der Waals surface area contributed by atoms with E-state index in [9.17, 15) is 71.4 Å². The molecule has 28 nitrogen and oxygen atoms in total. The van der Waals surface area contributed by atoms with Crippen molar-refractivity contribution in [2.75, 3.05) is 19.8 Å². The van der Waals surface area contributed by atoms with Crippen molar-refractivity contribution in [3.05, 3.63) is 43.0 Å². The number of nitrogens with zero attached hydrogens (tertiary/aromatic N) is 4. The SMILES string of the molecule is Cc1cn([C@H]2C[C@@H](O)[C@@H](COP(=O)(O)OP(=O)(O)OP(=O)(O)OP(=O)(O)OP(=O)(O)OP(=O)(O)OCCCCCCCCCCCN=[N+]=[N-])O2)c(=O)[nH]c1=O. The third-order valence-electron chi connectivity index (χ3n) is 6.81. The minimum atomic E-state index is -6.46. The molecule has 0 spiro atoms. The van der Waals surface area contributed by atoms with Crippen molar-refractivity contribution in [3.8, 4) is 0 Å². The lowest BCUT2D eigenvalue weighted by Gasteiger charge is -2.21. The van der Waals surface area contributed by atoms with Crippen LogP contribution in [-0.4, -0.2) is 76.0 Å². The molecule has 2 heterocycles. The zero-order chi connectivity index (χ0) is 41.7. The Morgan fingerprint density at radius 3 is 1.69 bits per heavy atom. The lowest BCUT2D eigenvalue weighted by atomic mass is 10.1. The smallest absolute Gasteiger partial charge is 0.390 e. The highest BCUT2D eigenvalue weighted by molar-refractivity contribution is 7.72. The van der Waals surface area contributed by atoms with Crippen LogP contribution in [0.4, 0.5) is 0 Å². The third-order valence-corrected chi connectivity index (χ3v) is 16.1. The van der Waals surface area contributed by atoms with Crippen LogP contribution in [0, 0.1) is 6.92 Å². The summed E-state index contributed by atoms with van der Waals surface area (Å²) in [6, 6.07) is 0. The molecule has 34 heteroatoms. The van der Waals surface area contributed by atoms with Crippen LogP contribution in [0.2, 0.25) is 0 Å². The van der Waals surface area contributed by atoms with Crippen molar-refractivity contribution in [2.24, 2.45) is 5.11 Å². The highest BCUT2D eigenvalue weighted by Gasteiger charge is 2.50. The average Bonchev–Trinajstić information content (AvgIpc) is 3.37. The van der Waals surface area contributed by atoms with Crippen LogP contribution < -0.4 is 11.2 Å². The van der Waals surface area contributed by atoms with E-state index in [1.54, 1.807) is 0 Å². The second-order valence-electron chi connectivity index (χ2n) is 11.4. The number of aromatic nitrogens is 2. The van der Waals surface area contributed by atoms with Crippen LogP contribution in [0.5, 0.6) is 0 Å². The number of H-pyrrole nitrogens is 1. The predicted molar refractivity (Wildman–Crippen MR) is 182 cm³/mol. The molecule has 9 atom stereocenters. The molecule has 0 amide bonds. The number of unbranched alkanes of at least 4 members (excludes halogenated alkanes) is 8. The van der Waals surface area contributed by atoms with Gasteiger partial charge in [-0.15, -0.1) is 0 Å². The number of hydrogen-bond donors (Lipinski definition) is 8. The number of nitrogens with one attached hydrogen (secondary N) is 1. The molecule has 1 aromatic rings. The van der Waals surface area contributed by atoms with Gasteiger partial charge in [0.15, 0.2) is 0 Å². The maximum absolute atomic E-state index is 12.2. The Kier molecular flexibility index (Phi) is 19.7. The van der Waals surface area contributed by atoms with E-state index in [1.165, 1.54) is 6.92 Å². The summed E-state index contributed by atoms with van der Waals surface area (Å²) < 4.78 is 106. The van der Waals surface area contributed by atoms with Crippen LogP contribution in [0.15, 0.2) is 20.9 Å². The third kappa shape index (κ3) is 19.9. The molecule has 0 saturated carbocycles. The summed E-state index contributed by atoms with van der Waals surface area (Å²) in [5.74, 6) is 0. The topological polar surface area (TPSA) is 421 Å². The first-order valence-corrected chi connectivity index (χ1v) is 24.7. The van der Waals surface area contributed by atoms with Gasteiger partial charge < -0.3 is 39.2 Å². The molecule has 0 radical (unpaired) electrons. The highest BCUT2D eigenvalue weighted by atomic mass is 31.3. The van der Waals surface area contributed by atoms with E-state index in [4.69, 9.17) is 10.3 Å². The maximum Gasteiger partial charge on any atom is 0.490 e. The van der Waals surface area contributed by atoms with Gasteiger partial charge in [0, 0.05) is 29.6 Å². The van der Waals surface area contributed by atoms with Crippen LogP contribution in [-0.2, 0) is 62.7 Å². The van der Waals surface area contributed by atoms with Crippen molar-refractivity contribution in [3.63, 3.8) is 0 Å². The second-order valence-corrected chi connectivity index (χ2v) is 20.8. The zero-order valence-corrected chi connectivity index (χ0v) is 34.0. The molecular formula is C21H41N5O23P6. The molecule has 6 unspecified atom stereocenters. The number of azide groups is 1. The Morgan fingerprint density at radius 1 is 0.764 bits per heavy atom. The van der Waals surface area contributed by atoms with Crippen molar-refractivity contribution in [1.29, 1.82) is 0 Å². The number of rotatable bonds is 27. The van der Waals surface area contributed by atoms with E-state index in [-0.39, 0.29) is 18.4 Å². The number of aryl methyl sites for hydroxylation is 1. The molecule has 0 aliphatic carbocycles. The number of aliphatic hydroxyl groups is 1. The number of ether oxygens (including phenoxy) is 1. The van der Waals surface area contributed by atoms with Crippen LogP contribution in [0.3, 0.4) is 0 Å². The van der Waals surface area contributed by atoms with E-state index in [2.05, 4.69) is 40.6 Å². The van der Waals surface area contributed by atoms with Gasteiger partial charge in [0.05, 0.1) is 19.3 Å². The first kappa shape index (κ1) is 49.9. The largest absolute Gasteiger partial charge is 0.490 e. The van der Waals surface area contributed by atoms with Crippen LogP contribution >= 0.6 is 46.9 Å². The molecule has 318 valence electrons. The van der Waals surface area contributed by atoms with Crippen molar-refractivity contribution in [2.45, 2.75) is 89.6 Å². The van der Waals surface area contributed by atoms with Gasteiger partial charge in [-0.3, -0.25) is 23.4 Å². The first-order valence-electron chi connectivity index (χ1n) is 15.8. The Hall–Kier alpha value is -1.23. The summed E-state index contributed by atoms with van der Waals surface area (Å²) in [5, 5.41) is 13.6. The monoisotopic (exact) mass is 917 g/mol. The van der Waals surface area contributed by atoms with Gasteiger partial charge in [0.2, 0.25) is 0 Å². The lowest BCUT2D eigenvalue weighted by molar-refractivity contribution is -0.0450. The molecule has 0 bridgehead atoms. The average molecular weight is 917 g/mol. The lowest BCUT2D eigenvalue weighted by Crippen LogP contribution is -2.33. The van der Waals surface area contributed by atoms with Gasteiger partial charge in [-0.25, -0.2) is 32.2 Å². The van der Waals surface area contributed by atoms with E-state index in [0.717, 1.165) is 49.3 Å². The van der Waals surface area contributed by atoms with Crippen molar-refractivity contribution in [1.82, 2.24) is 9.55 Å². The quantitative estimate of drug-likeness (QED) is 0.0203. The first-order chi connectivity index (χ1) is 25.3. The van der Waals surface area contributed by atoms with Gasteiger partial charge in [0.25, 0.3) is 5.56 Å². The number of aromatic amines is 1. The fourth-order valence-corrected chi connectivity index (χ4v) is 12.3. The molecule has 1 aliphatic heterocycles. The van der Waals surface area contributed by atoms with Gasteiger partial charge in [0.1, 0.15) is 12.3 Å². The van der Waals surface area contributed by atoms with E-state index in [1.807, 2.05) is 4.98 Å². The standard InChI is InChI=1S/C21H41N5O23P6/c1-16-14-26(21(29)24-20(16)28)19-13-17(27)18(44-19)15-43-51(32,33)46-53(36,37)48-55(40,41)49-54(38,39)47-52(34,35)45-50(30,31)42-12-10-8-6-4-2-3-5-7-9-11-23-25-22/h14,17-19,27H,2-13,15H2,1H3,(H,30,31)(H,32,33)(H,34,35)(H,36,37)(H,38,39)(H,40,41)(H,24,28,29)/t17-,18-,19-/m1/s1. The summed E-state index contributed by atoms with van der Waals surface area (Å²) in [6.45, 7) is 0.212. The molecular weight excluding hydrogens is 876 g/mol. The van der Waals surface area contributed by atoms with Gasteiger partial charge >= 0.3 is 52.6 Å². The van der Waals surface area contributed by atoms with Gasteiger partial charge in [-0.2, -0.15) is 21.6 Å².